The van der Waals surface area contributed by atoms with E-state index >= 15 is 0 Å². The highest BCUT2D eigenvalue weighted by Gasteiger charge is 1.97. The van der Waals surface area contributed by atoms with Crippen LogP contribution < -0.4 is 5.56 Å². The van der Waals surface area contributed by atoms with Crippen molar-refractivity contribution in [1.29, 1.82) is 5.26 Å². The number of H-pyrrole nitrogens is 1. The summed E-state index contributed by atoms with van der Waals surface area (Å²) < 4.78 is 0.683. The molecule has 0 amide bonds. The Morgan fingerprint density at radius 1 is 1.73 bits per heavy atom. The molecule has 0 radical (unpaired) electrons. The normalized spacial score (nSPS) is 9.09. The number of nitrogens with one attached hydrogen (secondary N) is 1. The molecule has 1 rings (SSSR count). The van der Waals surface area contributed by atoms with Crippen LogP contribution in [0.2, 0.25) is 0 Å². The van der Waals surface area contributed by atoms with E-state index in [0.29, 0.717) is 10.9 Å². The Hall–Kier alpha value is -1.08. The number of hydrogen-bond acceptors (Lipinski definition) is 2. The van der Waals surface area contributed by atoms with Gasteiger partial charge in [0.25, 0.3) is 0 Å². The lowest BCUT2D eigenvalue weighted by Crippen LogP contribution is -2.04. The molecular weight excluding hydrogens is 208 g/mol. The number of pyridine rings is 1. The molecule has 1 aromatic rings. The van der Waals surface area contributed by atoms with Crippen molar-refractivity contribution >= 4 is 15.9 Å². The van der Waals surface area contributed by atoms with Gasteiger partial charge in [0.1, 0.15) is 0 Å². The Morgan fingerprint density at radius 2 is 2.45 bits per heavy atom. The maximum atomic E-state index is 10.7. The number of aromatic nitrogens is 1. The SMILES string of the molecule is N#CCc1c[nH]c(=O)cc1Br. The molecular formula is C7H5BrN2O. The first kappa shape index (κ1) is 8.02. The summed E-state index contributed by atoms with van der Waals surface area (Å²) in [6.07, 6.45) is 1.84. The molecule has 0 aromatic carbocycles. The highest BCUT2D eigenvalue weighted by molar-refractivity contribution is 9.10. The van der Waals surface area contributed by atoms with Gasteiger partial charge >= 0.3 is 0 Å². The number of hydrogen-bond donors (Lipinski definition) is 1. The zero-order valence-corrected chi connectivity index (χ0v) is 7.18. The molecule has 1 aromatic heterocycles. The highest BCUT2D eigenvalue weighted by atomic mass is 79.9. The summed E-state index contributed by atoms with van der Waals surface area (Å²) in [6.45, 7) is 0. The molecule has 0 fully saturated rings. The third kappa shape index (κ3) is 1.92. The fraction of sp³-hybridized carbons (Fsp3) is 0.143. The number of aromatic amines is 1. The smallest absolute Gasteiger partial charge is 0.249 e. The van der Waals surface area contributed by atoms with Gasteiger partial charge in [-0.25, -0.2) is 0 Å². The lowest BCUT2D eigenvalue weighted by Gasteiger charge is -1.95. The average molecular weight is 213 g/mol. The monoisotopic (exact) mass is 212 g/mol. The minimum Gasteiger partial charge on any atom is -0.329 e. The molecule has 0 atom stereocenters. The van der Waals surface area contributed by atoms with Crippen LogP contribution in [0.4, 0.5) is 0 Å². The van der Waals surface area contributed by atoms with Crippen LogP contribution >= 0.6 is 15.9 Å². The van der Waals surface area contributed by atoms with Crippen molar-refractivity contribution in [2.45, 2.75) is 6.42 Å². The fourth-order valence-electron chi connectivity index (χ4n) is 0.697. The van der Waals surface area contributed by atoms with Crippen molar-refractivity contribution in [3.8, 4) is 6.07 Å². The molecule has 11 heavy (non-hydrogen) atoms. The standard InChI is InChI=1S/C7H5BrN2O/c8-6-3-7(11)10-4-5(6)1-2-9/h3-4H,1H2,(H,10,11). The van der Waals surface area contributed by atoms with Crippen LogP contribution in [0.3, 0.4) is 0 Å². The minimum atomic E-state index is -0.168. The summed E-state index contributed by atoms with van der Waals surface area (Å²) in [5, 5.41) is 8.35. The number of nitrogens with zero attached hydrogens (tertiary/aromatic N) is 1. The first-order chi connectivity index (χ1) is 5.24. The van der Waals surface area contributed by atoms with Crippen LogP contribution in [-0.2, 0) is 6.42 Å². The minimum absolute atomic E-state index is 0.168. The molecule has 0 bridgehead atoms. The molecule has 56 valence electrons. The van der Waals surface area contributed by atoms with Gasteiger partial charge in [0.05, 0.1) is 12.5 Å². The Bertz CT molecular complexity index is 350. The highest BCUT2D eigenvalue weighted by Crippen LogP contribution is 2.12. The van der Waals surface area contributed by atoms with E-state index in [9.17, 15) is 4.79 Å². The first-order valence-corrected chi connectivity index (χ1v) is 3.77. The van der Waals surface area contributed by atoms with Gasteiger partial charge in [-0.1, -0.05) is 15.9 Å². The molecule has 4 heteroatoms. The number of halogens is 1. The molecule has 0 aliphatic heterocycles. The molecule has 0 saturated heterocycles. The summed E-state index contributed by atoms with van der Waals surface area (Å²) in [5.41, 5.74) is 0.630. The summed E-state index contributed by atoms with van der Waals surface area (Å²) in [5.74, 6) is 0. The van der Waals surface area contributed by atoms with Crippen molar-refractivity contribution in [3.05, 3.63) is 32.7 Å². The second-order valence-electron chi connectivity index (χ2n) is 2.01. The van der Waals surface area contributed by atoms with Crippen molar-refractivity contribution in [2.75, 3.05) is 0 Å². The van der Waals surface area contributed by atoms with Gasteiger partial charge in [-0.15, -0.1) is 0 Å². The number of nitriles is 1. The van der Waals surface area contributed by atoms with Gasteiger partial charge in [0, 0.05) is 16.7 Å². The Morgan fingerprint density at radius 3 is 3.00 bits per heavy atom. The van der Waals surface area contributed by atoms with Gasteiger partial charge < -0.3 is 4.98 Å². The third-order valence-corrected chi connectivity index (χ3v) is 1.96. The summed E-state index contributed by atoms with van der Waals surface area (Å²) in [6, 6.07) is 3.40. The van der Waals surface area contributed by atoms with Gasteiger partial charge in [-0.3, -0.25) is 4.79 Å². The maximum absolute atomic E-state index is 10.7. The Labute approximate surface area is 71.8 Å². The Balaban J connectivity index is 3.11. The van der Waals surface area contributed by atoms with Crippen molar-refractivity contribution in [1.82, 2.24) is 4.98 Å². The molecule has 0 aliphatic rings. The lowest BCUT2D eigenvalue weighted by atomic mass is 10.2. The van der Waals surface area contributed by atoms with E-state index in [-0.39, 0.29) is 5.56 Å². The largest absolute Gasteiger partial charge is 0.329 e. The second kappa shape index (κ2) is 3.35. The molecule has 3 nitrogen and oxygen atoms in total. The molecule has 0 unspecified atom stereocenters. The topological polar surface area (TPSA) is 56.6 Å². The van der Waals surface area contributed by atoms with E-state index in [0.717, 1.165) is 5.56 Å². The van der Waals surface area contributed by atoms with E-state index < -0.39 is 0 Å². The first-order valence-electron chi connectivity index (χ1n) is 2.98. The van der Waals surface area contributed by atoms with E-state index in [4.69, 9.17) is 5.26 Å². The predicted octanol–water partition coefficient (Wildman–Crippen LogP) is 1.20. The van der Waals surface area contributed by atoms with Crippen LogP contribution in [0.25, 0.3) is 0 Å². The second-order valence-corrected chi connectivity index (χ2v) is 2.86. The summed E-state index contributed by atoms with van der Waals surface area (Å²) >= 11 is 3.18. The fourth-order valence-corrected chi connectivity index (χ4v) is 1.16. The van der Waals surface area contributed by atoms with E-state index in [1.54, 1.807) is 0 Å². The number of rotatable bonds is 1. The van der Waals surface area contributed by atoms with Gasteiger partial charge in [0.15, 0.2) is 0 Å². The maximum Gasteiger partial charge on any atom is 0.249 e. The summed E-state index contributed by atoms with van der Waals surface area (Å²) in [4.78, 5) is 13.2. The quantitative estimate of drug-likeness (QED) is 0.761. The van der Waals surface area contributed by atoms with Crippen LogP contribution in [0.5, 0.6) is 0 Å². The van der Waals surface area contributed by atoms with Crippen LogP contribution in [-0.4, -0.2) is 4.98 Å². The zero-order chi connectivity index (χ0) is 8.27. The average Bonchev–Trinajstić information content (AvgIpc) is 1.95. The molecule has 1 N–H and O–H groups in total. The van der Waals surface area contributed by atoms with Crippen molar-refractivity contribution < 1.29 is 0 Å². The van der Waals surface area contributed by atoms with Crippen LogP contribution in [0, 0.1) is 11.3 Å². The Kier molecular flexibility index (Phi) is 2.44. The van der Waals surface area contributed by atoms with Gasteiger partial charge in [0.2, 0.25) is 5.56 Å². The van der Waals surface area contributed by atoms with Crippen molar-refractivity contribution in [3.63, 3.8) is 0 Å². The molecule has 0 aliphatic carbocycles. The van der Waals surface area contributed by atoms with E-state index in [1.165, 1.54) is 12.3 Å². The zero-order valence-electron chi connectivity index (χ0n) is 5.60. The van der Waals surface area contributed by atoms with Gasteiger partial charge in [-0.2, -0.15) is 5.26 Å². The summed E-state index contributed by atoms with van der Waals surface area (Å²) in [7, 11) is 0. The molecule has 0 spiro atoms. The van der Waals surface area contributed by atoms with E-state index in [2.05, 4.69) is 20.9 Å². The molecule has 0 saturated carbocycles. The van der Waals surface area contributed by atoms with Crippen molar-refractivity contribution in [2.24, 2.45) is 0 Å². The van der Waals surface area contributed by atoms with Gasteiger partial charge in [-0.05, 0) is 5.56 Å². The van der Waals surface area contributed by atoms with Crippen LogP contribution in [0.1, 0.15) is 5.56 Å². The van der Waals surface area contributed by atoms with Crippen LogP contribution in [0.15, 0.2) is 21.5 Å². The predicted molar refractivity (Wildman–Crippen MR) is 44.1 cm³/mol. The lowest BCUT2D eigenvalue weighted by molar-refractivity contribution is 1.14. The third-order valence-electron chi connectivity index (χ3n) is 1.22. The van der Waals surface area contributed by atoms with E-state index in [1.807, 2.05) is 6.07 Å². The molecule has 1 heterocycles.